The summed E-state index contributed by atoms with van der Waals surface area (Å²) in [6, 6.07) is 7.74. The zero-order valence-corrected chi connectivity index (χ0v) is 13.2. The number of esters is 1. The highest BCUT2D eigenvalue weighted by Gasteiger charge is 2.09. The molecule has 0 aliphatic heterocycles. The highest BCUT2D eigenvalue weighted by atomic mass is 16.5. The molecule has 0 radical (unpaired) electrons. The highest BCUT2D eigenvalue weighted by Crippen LogP contribution is 2.13. The van der Waals surface area contributed by atoms with Crippen LogP contribution in [0, 0.1) is 6.92 Å². The van der Waals surface area contributed by atoms with Gasteiger partial charge in [0.2, 0.25) is 11.7 Å². The number of methoxy groups -OCH3 is 1. The third-order valence-electron chi connectivity index (χ3n) is 3.16. The van der Waals surface area contributed by atoms with Crippen molar-refractivity contribution in [1.82, 2.24) is 25.5 Å². The maximum atomic E-state index is 11.8. The Bertz CT molecular complexity index is 666. The van der Waals surface area contributed by atoms with Gasteiger partial charge in [0, 0.05) is 18.5 Å². The summed E-state index contributed by atoms with van der Waals surface area (Å²) < 4.78 is 4.52. The molecular weight excluding hydrogens is 298 g/mol. The Morgan fingerprint density at radius 1 is 1.26 bits per heavy atom. The van der Waals surface area contributed by atoms with Gasteiger partial charge >= 0.3 is 5.97 Å². The van der Waals surface area contributed by atoms with Crippen molar-refractivity contribution in [2.45, 2.75) is 26.3 Å². The van der Waals surface area contributed by atoms with Crippen molar-refractivity contribution in [2.75, 3.05) is 13.7 Å². The number of carbonyl (C=O) groups excluding carboxylic acids is 2. The van der Waals surface area contributed by atoms with Crippen molar-refractivity contribution in [2.24, 2.45) is 0 Å². The lowest BCUT2D eigenvalue weighted by atomic mass is 10.1. The molecular formula is C15H19N5O3. The first-order valence-electron chi connectivity index (χ1n) is 7.27. The van der Waals surface area contributed by atoms with Crippen LogP contribution in [0.5, 0.6) is 0 Å². The fraction of sp³-hybridized carbons (Fsp3) is 0.400. The molecule has 0 saturated carbocycles. The second kappa shape index (κ2) is 8.02. The quantitative estimate of drug-likeness (QED) is 0.596. The Morgan fingerprint density at radius 2 is 2.00 bits per heavy atom. The number of hydrogen-bond donors (Lipinski definition) is 1. The lowest BCUT2D eigenvalue weighted by Crippen LogP contribution is -2.29. The molecule has 23 heavy (non-hydrogen) atoms. The highest BCUT2D eigenvalue weighted by molar-refractivity contribution is 5.75. The number of nitrogens with one attached hydrogen (secondary N) is 1. The second-order valence-corrected chi connectivity index (χ2v) is 5.04. The topological polar surface area (TPSA) is 99.0 Å². The molecule has 8 heteroatoms. The van der Waals surface area contributed by atoms with Gasteiger partial charge in [0.25, 0.3) is 0 Å². The normalized spacial score (nSPS) is 10.3. The summed E-state index contributed by atoms with van der Waals surface area (Å²) in [6.07, 6.45) is 0.799. The summed E-state index contributed by atoms with van der Waals surface area (Å²) in [5, 5.41) is 14.7. The van der Waals surface area contributed by atoms with Gasteiger partial charge in [-0.1, -0.05) is 29.8 Å². The molecule has 1 amide bonds. The number of hydrogen-bond acceptors (Lipinski definition) is 6. The Hall–Kier alpha value is -2.77. The van der Waals surface area contributed by atoms with Crippen molar-refractivity contribution in [3.05, 3.63) is 29.8 Å². The average Bonchev–Trinajstić information content (AvgIpc) is 3.00. The van der Waals surface area contributed by atoms with Crippen LogP contribution in [0.25, 0.3) is 11.4 Å². The molecule has 1 N–H and O–H groups in total. The predicted molar refractivity (Wildman–Crippen MR) is 82.2 cm³/mol. The molecule has 2 aromatic rings. The third kappa shape index (κ3) is 5.17. The molecule has 1 aromatic carbocycles. The van der Waals surface area contributed by atoms with Crippen LogP contribution in [0.1, 0.15) is 18.4 Å². The van der Waals surface area contributed by atoms with E-state index in [0.29, 0.717) is 18.8 Å². The van der Waals surface area contributed by atoms with Crippen molar-refractivity contribution >= 4 is 11.9 Å². The van der Waals surface area contributed by atoms with Crippen LogP contribution >= 0.6 is 0 Å². The minimum absolute atomic E-state index is 0.0168. The van der Waals surface area contributed by atoms with Gasteiger partial charge in [-0.05, 0) is 18.6 Å². The molecule has 0 saturated heterocycles. The van der Waals surface area contributed by atoms with Crippen LogP contribution in [0.4, 0.5) is 0 Å². The standard InChI is InChI=1S/C15H19N5O3/c1-11-5-7-12(8-6-11)15-17-19-20(18-15)10-13(21)16-9-3-4-14(22)23-2/h5-8H,3-4,9-10H2,1-2H3,(H,16,21). The lowest BCUT2D eigenvalue weighted by Gasteiger charge is -2.03. The van der Waals surface area contributed by atoms with E-state index >= 15 is 0 Å². The van der Waals surface area contributed by atoms with E-state index in [1.807, 2.05) is 31.2 Å². The van der Waals surface area contributed by atoms with Crippen molar-refractivity contribution in [3.8, 4) is 11.4 Å². The Morgan fingerprint density at radius 3 is 2.70 bits per heavy atom. The van der Waals surface area contributed by atoms with E-state index in [-0.39, 0.29) is 24.8 Å². The number of rotatable bonds is 7. The van der Waals surface area contributed by atoms with E-state index in [4.69, 9.17) is 0 Å². The smallest absolute Gasteiger partial charge is 0.305 e. The van der Waals surface area contributed by atoms with Crippen molar-refractivity contribution in [3.63, 3.8) is 0 Å². The number of carbonyl (C=O) groups is 2. The third-order valence-corrected chi connectivity index (χ3v) is 3.16. The second-order valence-electron chi connectivity index (χ2n) is 5.04. The first-order chi connectivity index (χ1) is 11.1. The molecule has 0 unspecified atom stereocenters. The molecule has 1 heterocycles. The average molecular weight is 317 g/mol. The van der Waals surface area contributed by atoms with Gasteiger partial charge < -0.3 is 10.1 Å². The maximum Gasteiger partial charge on any atom is 0.305 e. The molecule has 0 atom stereocenters. The number of ether oxygens (including phenoxy) is 1. The zero-order chi connectivity index (χ0) is 16.7. The van der Waals surface area contributed by atoms with E-state index in [9.17, 15) is 9.59 Å². The first kappa shape index (κ1) is 16.6. The molecule has 0 fully saturated rings. The number of tetrazole rings is 1. The van der Waals surface area contributed by atoms with Crippen LogP contribution in [-0.2, 0) is 20.9 Å². The Labute approximate surface area is 133 Å². The van der Waals surface area contributed by atoms with E-state index in [2.05, 4.69) is 25.5 Å². The van der Waals surface area contributed by atoms with Gasteiger partial charge in [0.15, 0.2) is 0 Å². The van der Waals surface area contributed by atoms with E-state index in [0.717, 1.165) is 11.1 Å². The van der Waals surface area contributed by atoms with Gasteiger partial charge in [-0.15, -0.1) is 10.2 Å². The van der Waals surface area contributed by atoms with Crippen LogP contribution in [0.3, 0.4) is 0 Å². The fourth-order valence-electron chi connectivity index (χ4n) is 1.88. The van der Waals surface area contributed by atoms with Gasteiger partial charge in [0.1, 0.15) is 6.54 Å². The zero-order valence-electron chi connectivity index (χ0n) is 13.2. The molecule has 0 bridgehead atoms. The van der Waals surface area contributed by atoms with Crippen LogP contribution in [0.2, 0.25) is 0 Å². The summed E-state index contributed by atoms with van der Waals surface area (Å²) in [5.41, 5.74) is 1.99. The van der Waals surface area contributed by atoms with Gasteiger partial charge in [-0.3, -0.25) is 9.59 Å². The number of aromatic nitrogens is 4. The molecule has 2 rings (SSSR count). The van der Waals surface area contributed by atoms with Crippen LogP contribution < -0.4 is 5.32 Å². The number of benzene rings is 1. The molecule has 8 nitrogen and oxygen atoms in total. The minimum atomic E-state index is -0.292. The Balaban J connectivity index is 1.81. The molecule has 0 aliphatic carbocycles. The number of aryl methyl sites for hydroxylation is 1. The van der Waals surface area contributed by atoms with Gasteiger partial charge in [0.05, 0.1) is 7.11 Å². The van der Waals surface area contributed by atoms with E-state index in [1.165, 1.54) is 11.9 Å². The lowest BCUT2D eigenvalue weighted by molar-refractivity contribution is -0.140. The minimum Gasteiger partial charge on any atom is -0.469 e. The SMILES string of the molecule is COC(=O)CCCNC(=O)Cn1nnc(-c2ccc(C)cc2)n1. The summed E-state index contributed by atoms with van der Waals surface area (Å²) >= 11 is 0. The maximum absolute atomic E-state index is 11.8. The van der Waals surface area contributed by atoms with E-state index < -0.39 is 0 Å². The fourth-order valence-corrected chi connectivity index (χ4v) is 1.88. The number of amides is 1. The summed E-state index contributed by atoms with van der Waals surface area (Å²) in [4.78, 5) is 23.9. The van der Waals surface area contributed by atoms with Crippen molar-refractivity contribution in [1.29, 1.82) is 0 Å². The largest absolute Gasteiger partial charge is 0.469 e. The first-order valence-corrected chi connectivity index (χ1v) is 7.27. The molecule has 0 spiro atoms. The van der Waals surface area contributed by atoms with E-state index in [1.54, 1.807) is 0 Å². The molecule has 122 valence electrons. The van der Waals surface area contributed by atoms with Crippen LogP contribution in [0.15, 0.2) is 24.3 Å². The predicted octanol–water partition coefficient (Wildman–Crippen LogP) is 0.718. The van der Waals surface area contributed by atoms with Gasteiger partial charge in [-0.25, -0.2) is 0 Å². The molecule has 1 aromatic heterocycles. The summed E-state index contributed by atoms with van der Waals surface area (Å²) in [5.74, 6) is -0.0499. The summed E-state index contributed by atoms with van der Waals surface area (Å²) in [6.45, 7) is 2.38. The number of nitrogens with zero attached hydrogens (tertiary/aromatic N) is 4. The Kier molecular flexibility index (Phi) is 5.79. The van der Waals surface area contributed by atoms with Gasteiger partial charge in [-0.2, -0.15) is 4.80 Å². The summed E-state index contributed by atoms with van der Waals surface area (Å²) in [7, 11) is 1.34. The molecule has 0 aliphatic rings. The monoisotopic (exact) mass is 317 g/mol. The van der Waals surface area contributed by atoms with Crippen LogP contribution in [-0.4, -0.2) is 45.7 Å². The van der Waals surface area contributed by atoms with Crippen molar-refractivity contribution < 1.29 is 14.3 Å².